The molecule has 0 atom stereocenters. The van der Waals surface area contributed by atoms with E-state index in [9.17, 15) is 17.6 Å². The average molecular weight is 485 g/mol. The Labute approximate surface area is 197 Å². The van der Waals surface area contributed by atoms with Crippen LogP contribution < -0.4 is 5.32 Å². The molecule has 1 amide bonds. The molecule has 33 heavy (non-hydrogen) atoms. The number of carbonyl (C=O) groups is 1. The Bertz CT molecular complexity index is 1230. The second-order valence-corrected chi connectivity index (χ2v) is 10.9. The van der Waals surface area contributed by atoms with Gasteiger partial charge in [0.05, 0.1) is 10.5 Å². The molecular weight excluding hydrogens is 459 g/mol. The molecule has 2 heterocycles. The fourth-order valence-corrected chi connectivity index (χ4v) is 5.98. The van der Waals surface area contributed by atoms with Crippen molar-refractivity contribution >= 4 is 38.9 Å². The molecule has 1 aromatic heterocycles. The SMILES string of the molecule is Cc1ccc(S(=O)(=O)N2CCC(NC(=O)/C(=C/c3ccc(F)cc3)c3cccs3)CC2)cc1. The summed E-state index contributed by atoms with van der Waals surface area (Å²) in [5, 5.41) is 4.96. The molecule has 1 fully saturated rings. The quantitative estimate of drug-likeness (QED) is 0.516. The minimum Gasteiger partial charge on any atom is -0.349 e. The van der Waals surface area contributed by atoms with E-state index in [0.29, 0.717) is 31.5 Å². The first-order valence-corrected chi connectivity index (χ1v) is 13.0. The third-order valence-corrected chi connectivity index (χ3v) is 8.48. The first-order chi connectivity index (χ1) is 15.8. The molecule has 0 bridgehead atoms. The lowest BCUT2D eigenvalue weighted by Gasteiger charge is -2.31. The topological polar surface area (TPSA) is 66.5 Å². The number of piperidine rings is 1. The molecule has 1 N–H and O–H groups in total. The first kappa shape index (κ1) is 23.4. The van der Waals surface area contributed by atoms with Gasteiger partial charge in [-0.25, -0.2) is 12.8 Å². The summed E-state index contributed by atoms with van der Waals surface area (Å²) in [5.41, 5.74) is 2.24. The molecule has 4 rings (SSSR count). The van der Waals surface area contributed by atoms with Gasteiger partial charge in [0, 0.05) is 24.0 Å². The van der Waals surface area contributed by atoms with Gasteiger partial charge in [0.1, 0.15) is 5.82 Å². The van der Waals surface area contributed by atoms with Crippen molar-refractivity contribution in [3.05, 3.63) is 87.9 Å². The van der Waals surface area contributed by atoms with Gasteiger partial charge in [0.15, 0.2) is 0 Å². The zero-order valence-corrected chi connectivity index (χ0v) is 19.8. The molecule has 1 aliphatic heterocycles. The molecule has 1 saturated heterocycles. The number of nitrogens with zero attached hydrogens (tertiary/aromatic N) is 1. The van der Waals surface area contributed by atoms with E-state index in [0.717, 1.165) is 16.0 Å². The van der Waals surface area contributed by atoms with Gasteiger partial charge >= 0.3 is 0 Å². The van der Waals surface area contributed by atoms with Crippen LogP contribution in [-0.4, -0.2) is 37.8 Å². The second kappa shape index (κ2) is 9.99. The number of benzene rings is 2. The Morgan fingerprint density at radius 2 is 1.73 bits per heavy atom. The number of nitrogens with one attached hydrogen (secondary N) is 1. The molecule has 172 valence electrons. The number of halogens is 1. The van der Waals surface area contributed by atoms with Crippen LogP contribution in [-0.2, 0) is 14.8 Å². The van der Waals surface area contributed by atoms with Crippen molar-refractivity contribution in [2.45, 2.75) is 30.7 Å². The van der Waals surface area contributed by atoms with Gasteiger partial charge in [-0.1, -0.05) is 35.9 Å². The fraction of sp³-hybridized carbons (Fsp3) is 0.240. The minimum absolute atomic E-state index is 0.126. The lowest BCUT2D eigenvalue weighted by molar-refractivity contribution is -0.116. The van der Waals surface area contributed by atoms with E-state index >= 15 is 0 Å². The maximum atomic E-state index is 13.3. The van der Waals surface area contributed by atoms with Crippen LogP contribution in [0.15, 0.2) is 70.9 Å². The highest BCUT2D eigenvalue weighted by atomic mass is 32.2. The van der Waals surface area contributed by atoms with Gasteiger partial charge in [-0.15, -0.1) is 11.3 Å². The van der Waals surface area contributed by atoms with Gasteiger partial charge in [0.2, 0.25) is 10.0 Å². The highest BCUT2D eigenvalue weighted by molar-refractivity contribution is 7.89. The van der Waals surface area contributed by atoms with E-state index in [4.69, 9.17) is 0 Å². The Morgan fingerprint density at radius 3 is 2.33 bits per heavy atom. The second-order valence-electron chi connectivity index (χ2n) is 8.05. The van der Waals surface area contributed by atoms with Crippen molar-refractivity contribution in [1.29, 1.82) is 0 Å². The summed E-state index contributed by atoms with van der Waals surface area (Å²) in [6.07, 6.45) is 2.81. The van der Waals surface area contributed by atoms with Crippen LogP contribution in [0.5, 0.6) is 0 Å². The summed E-state index contributed by atoms with van der Waals surface area (Å²) in [7, 11) is -3.55. The van der Waals surface area contributed by atoms with Crippen molar-refractivity contribution in [1.82, 2.24) is 9.62 Å². The number of hydrogen-bond acceptors (Lipinski definition) is 4. The molecule has 0 unspecified atom stereocenters. The third kappa shape index (κ3) is 5.58. The average Bonchev–Trinajstić information content (AvgIpc) is 3.34. The number of thiophene rings is 1. The van der Waals surface area contributed by atoms with Crippen LogP contribution >= 0.6 is 11.3 Å². The normalized spacial score (nSPS) is 16.0. The Morgan fingerprint density at radius 1 is 1.06 bits per heavy atom. The van der Waals surface area contributed by atoms with Gasteiger partial charge in [-0.05, 0) is 67.1 Å². The third-order valence-electron chi connectivity index (χ3n) is 5.66. The van der Waals surface area contributed by atoms with Crippen molar-refractivity contribution in [3.63, 3.8) is 0 Å². The van der Waals surface area contributed by atoms with E-state index in [1.54, 1.807) is 42.5 Å². The number of amides is 1. The van der Waals surface area contributed by atoms with Gasteiger partial charge in [0.25, 0.3) is 5.91 Å². The summed E-state index contributed by atoms with van der Waals surface area (Å²) in [6.45, 7) is 2.61. The Kier molecular flexibility index (Phi) is 7.07. The molecule has 0 aliphatic carbocycles. The van der Waals surface area contributed by atoms with Gasteiger partial charge < -0.3 is 5.32 Å². The van der Waals surface area contributed by atoms with E-state index in [2.05, 4.69) is 5.32 Å². The molecular formula is C25H25FN2O3S2. The number of hydrogen-bond donors (Lipinski definition) is 1. The van der Waals surface area contributed by atoms with E-state index in [1.807, 2.05) is 24.4 Å². The van der Waals surface area contributed by atoms with Gasteiger partial charge in [-0.3, -0.25) is 4.79 Å². The maximum Gasteiger partial charge on any atom is 0.252 e. The zero-order chi connectivity index (χ0) is 23.4. The van der Waals surface area contributed by atoms with Crippen LogP contribution in [0.3, 0.4) is 0 Å². The molecule has 2 aromatic carbocycles. The van der Waals surface area contributed by atoms with E-state index in [-0.39, 0.29) is 22.7 Å². The minimum atomic E-state index is -3.55. The number of rotatable bonds is 6. The first-order valence-electron chi connectivity index (χ1n) is 10.7. The molecule has 8 heteroatoms. The van der Waals surface area contributed by atoms with Crippen LogP contribution in [0.2, 0.25) is 0 Å². The fourth-order valence-electron chi connectivity index (χ4n) is 3.77. The zero-order valence-electron chi connectivity index (χ0n) is 18.2. The van der Waals surface area contributed by atoms with Crippen molar-refractivity contribution in [2.75, 3.05) is 13.1 Å². The summed E-state index contributed by atoms with van der Waals surface area (Å²) in [4.78, 5) is 14.2. The molecule has 0 spiro atoms. The Hall–Kier alpha value is -2.81. The van der Waals surface area contributed by atoms with E-state index in [1.165, 1.54) is 27.8 Å². The van der Waals surface area contributed by atoms with Crippen LogP contribution in [0.25, 0.3) is 11.6 Å². The Balaban J connectivity index is 1.44. The standard InChI is InChI=1S/C25H25FN2O3S2/c1-18-4-10-22(11-5-18)33(30,31)28-14-12-21(13-15-28)27-25(29)23(24-3-2-16-32-24)17-19-6-8-20(26)9-7-19/h2-11,16-17,21H,12-15H2,1H3,(H,27,29)/b23-17+. The molecule has 0 saturated carbocycles. The number of aryl methyl sites for hydroxylation is 1. The molecule has 1 aliphatic rings. The molecule has 3 aromatic rings. The summed E-state index contributed by atoms with van der Waals surface area (Å²) < 4.78 is 40.6. The number of carbonyl (C=O) groups excluding carboxylic acids is 1. The number of sulfonamides is 1. The van der Waals surface area contributed by atoms with E-state index < -0.39 is 10.0 Å². The predicted octanol–water partition coefficient (Wildman–Crippen LogP) is 4.71. The summed E-state index contributed by atoms with van der Waals surface area (Å²) in [5.74, 6) is -0.553. The highest BCUT2D eigenvalue weighted by Crippen LogP contribution is 2.25. The monoisotopic (exact) mass is 484 g/mol. The maximum absolute atomic E-state index is 13.3. The lowest BCUT2D eigenvalue weighted by Crippen LogP contribution is -2.46. The summed E-state index contributed by atoms with van der Waals surface area (Å²) in [6, 6.07) is 16.4. The van der Waals surface area contributed by atoms with Crippen LogP contribution in [0.1, 0.15) is 28.8 Å². The van der Waals surface area contributed by atoms with Crippen LogP contribution in [0, 0.1) is 12.7 Å². The van der Waals surface area contributed by atoms with Crippen molar-refractivity contribution in [3.8, 4) is 0 Å². The van der Waals surface area contributed by atoms with Crippen LogP contribution in [0.4, 0.5) is 4.39 Å². The molecule has 0 radical (unpaired) electrons. The van der Waals surface area contributed by atoms with Crippen molar-refractivity contribution in [2.24, 2.45) is 0 Å². The highest BCUT2D eigenvalue weighted by Gasteiger charge is 2.30. The predicted molar refractivity (Wildman–Crippen MR) is 130 cm³/mol. The lowest BCUT2D eigenvalue weighted by atomic mass is 10.0. The largest absolute Gasteiger partial charge is 0.349 e. The van der Waals surface area contributed by atoms with Gasteiger partial charge in [-0.2, -0.15) is 4.31 Å². The molecule has 5 nitrogen and oxygen atoms in total. The summed E-state index contributed by atoms with van der Waals surface area (Å²) >= 11 is 1.46. The van der Waals surface area contributed by atoms with Crippen molar-refractivity contribution < 1.29 is 17.6 Å². The smallest absolute Gasteiger partial charge is 0.252 e.